The maximum absolute atomic E-state index is 10.0. The van der Waals surface area contributed by atoms with E-state index in [1.165, 1.54) is 30.5 Å². The lowest BCUT2D eigenvalue weighted by atomic mass is 9.83. The third-order valence-corrected chi connectivity index (χ3v) is 7.54. The molecule has 29 heavy (non-hydrogen) atoms. The number of thiazole rings is 1. The summed E-state index contributed by atoms with van der Waals surface area (Å²) in [5.74, 6) is 1.16. The highest BCUT2D eigenvalue weighted by atomic mass is 79.9. The predicted molar refractivity (Wildman–Crippen MR) is 120 cm³/mol. The molecule has 1 aliphatic rings. The second kappa shape index (κ2) is 9.67. The van der Waals surface area contributed by atoms with Crippen LogP contribution >= 0.6 is 27.3 Å². The van der Waals surface area contributed by atoms with Crippen LogP contribution in [0.3, 0.4) is 0 Å². The van der Waals surface area contributed by atoms with Crippen molar-refractivity contribution in [2.45, 2.75) is 44.5 Å². The molecule has 1 saturated carbocycles. The number of halogens is 1. The number of rotatable bonds is 7. The van der Waals surface area contributed by atoms with Crippen LogP contribution in [0.5, 0.6) is 0 Å². The van der Waals surface area contributed by atoms with Gasteiger partial charge in [0.15, 0.2) is 6.29 Å². The Morgan fingerprint density at radius 1 is 1.17 bits per heavy atom. The maximum Gasteiger partial charge on any atom is 0.182 e. The first kappa shape index (κ1) is 20.9. The average Bonchev–Trinajstić information content (AvgIpc) is 3.16. The number of ether oxygens (including phenoxy) is 2. The third kappa shape index (κ3) is 5.06. The molecule has 6 heteroatoms. The summed E-state index contributed by atoms with van der Waals surface area (Å²) in [6.45, 7) is 1.54. The molecule has 1 unspecified atom stereocenters. The Morgan fingerprint density at radius 3 is 2.66 bits per heavy atom. The summed E-state index contributed by atoms with van der Waals surface area (Å²) in [4.78, 5) is 4.88. The Kier molecular flexibility index (Phi) is 6.98. The number of aliphatic hydroxyl groups is 1. The van der Waals surface area contributed by atoms with E-state index in [2.05, 4.69) is 40.2 Å². The number of methoxy groups -OCH3 is 1. The average molecular weight is 476 g/mol. The normalized spacial score (nSPS) is 20.8. The highest BCUT2D eigenvalue weighted by Gasteiger charge is 2.25. The summed E-state index contributed by atoms with van der Waals surface area (Å²) in [6.07, 6.45) is 3.76. The zero-order valence-corrected chi connectivity index (χ0v) is 18.9. The Bertz CT molecular complexity index is 938. The van der Waals surface area contributed by atoms with Crippen molar-refractivity contribution in [2.75, 3.05) is 13.7 Å². The molecule has 4 rings (SSSR count). The van der Waals surface area contributed by atoms with Crippen LogP contribution in [-0.4, -0.2) is 23.8 Å². The molecule has 2 aromatic carbocycles. The van der Waals surface area contributed by atoms with Crippen LogP contribution in [0.2, 0.25) is 0 Å². The van der Waals surface area contributed by atoms with Gasteiger partial charge in [-0.2, -0.15) is 0 Å². The van der Waals surface area contributed by atoms with E-state index in [0.29, 0.717) is 18.4 Å². The van der Waals surface area contributed by atoms with Gasteiger partial charge >= 0.3 is 0 Å². The van der Waals surface area contributed by atoms with Crippen LogP contribution in [0.4, 0.5) is 0 Å². The quantitative estimate of drug-likeness (QED) is 0.414. The van der Waals surface area contributed by atoms with Gasteiger partial charge < -0.3 is 14.6 Å². The lowest BCUT2D eigenvalue weighted by molar-refractivity contribution is -0.0773. The number of hydrogen-bond donors (Lipinski definition) is 1. The maximum atomic E-state index is 10.0. The van der Waals surface area contributed by atoms with Crippen molar-refractivity contribution >= 4 is 37.5 Å². The van der Waals surface area contributed by atoms with Crippen molar-refractivity contribution in [1.82, 2.24) is 4.98 Å². The van der Waals surface area contributed by atoms with Gasteiger partial charge in [-0.05, 0) is 49.3 Å². The van der Waals surface area contributed by atoms with Gasteiger partial charge in [0, 0.05) is 29.7 Å². The summed E-state index contributed by atoms with van der Waals surface area (Å²) >= 11 is 5.31. The molecule has 154 valence electrons. The number of nitrogens with zero attached hydrogens (tertiary/aromatic N) is 1. The van der Waals surface area contributed by atoms with Gasteiger partial charge in [0.05, 0.1) is 21.8 Å². The second-order valence-corrected chi connectivity index (χ2v) is 9.62. The molecule has 1 atom stereocenters. The largest absolute Gasteiger partial charge is 0.376 e. The molecule has 1 N–H and O–H groups in total. The van der Waals surface area contributed by atoms with Gasteiger partial charge in [-0.25, -0.2) is 4.98 Å². The summed E-state index contributed by atoms with van der Waals surface area (Å²) in [5.41, 5.74) is 2.89. The first-order valence-corrected chi connectivity index (χ1v) is 11.7. The minimum atomic E-state index is -0.940. The summed E-state index contributed by atoms with van der Waals surface area (Å²) < 4.78 is 13.0. The summed E-state index contributed by atoms with van der Waals surface area (Å²) in [7, 11) is 1.50. The highest BCUT2D eigenvalue weighted by Crippen LogP contribution is 2.40. The van der Waals surface area contributed by atoms with Gasteiger partial charge in [-0.15, -0.1) is 11.3 Å². The SMILES string of the molecule is COC(O)c1cc2nc([C@H]3CC[C@H](COCc4ccccc4)CC3)sc2cc1Br. The summed E-state index contributed by atoms with van der Waals surface area (Å²) in [6, 6.07) is 14.3. The topological polar surface area (TPSA) is 51.6 Å². The van der Waals surface area contributed by atoms with E-state index in [0.717, 1.165) is 39.7 Å². The van der Waals surface area contributed by atoms with Crippen molar-refractivity contribution in [1.29, 1.82) is 0 Å². The molecular weight excluding hydrogens is 450 g/mol. The number of benzene rings is 2. The molecule has 0 bridgehead atoms. The Hall–Kier alpha value is -1.31. The zero-order chi connectivity index (χ0) is 20.2. The van der Waals surface area contributed by atoms with Crippen LogP contribution in [0.1, 0.15) is 54.0 Å². The molecule has 1 aliphatic carbocycles. The molecular formula is C23H26BrNO3S. The van der Waals surface area contributed by atoms with E-state index in [-0.39, 0.29) is 0 Å². The van der Waals surface area contributed by atoms with Gasteiger partial charge in [0.1, 0.15) is 0 Å². The van der Waals surface area contributed by atoms with Crippen LogP contribution < -0.4 is 0 Å². The fourth-order valence-corrected chi connectivity index (χ4v) is 5.82. The molecule has 4 nitrogen and oxygen atoms in total. The molecule has 1 heterocycles. The number of hydrogen-bond acceptors (Lipinski definition) is 5. The molecule has 1 aromatic heterocycles. The Morgan fingerprint density at radius 2 is 1.93 bits per heavy atom. The lowest BCUT2D eigenvalue weighted by Crippen LogP contribution is -2.17. The first-order valence-electron chi connectivity index (χ1n) is 10.1. The van der Waals surface area contributed by atoms with Gasteiger partial charge in [0.25, 0.3) is 0 Å². The molecule has 0 radical (unpaired) electrons. The molecule has 0 spiro atoms. The van der Waals surface area contributed by atoms with Crippen LogP contribution in [0, 0.1) is 5.92 Å². The van der Waals surface area contributed by atoms with Crippen LogP contribution in [0.15, 0.2) is 46.9 Å². The lowest BCUT2D eigenvalue weighted by Gasteiger charge is -2.27. The molecule has 0 amide bonds. The van der Waals surface area contributed by atoms with E-state index >= 15 is 0 Å². The Balaban J connectivity index is 1.34. The number of aliphatic hydroxyl groups excluding tert-OH is 1. The van der Waals surface area contributed by atoms with E-state index < -0.39 is 6.29 Å². The zero-order valence-electron chi connectivity index (χ0n) is 16.5. The molecule has 3 aromatic rings. The van der Waals surface area contributed by atoms with Crippen molar-refractivity contribution < 1.29 is 14.6 Å². The fourth-order valence-electron chi connectivity index (χ4n) is 3.97. The van der Waals surface area contributed by atoms with E-state index in [1.54, 1.807) is 11.3 Å². The van der Waals surface area contributed by atoms with Crippen molar-refractivity contribution in [3.05, 3.63) is 63.1 Å². The minimum Gasteiger partial charge on any atom is -0.376 e. The number of fused-ring (bicyclic) bond motifs is 1. The van der Waals surface area contributed by atoms with Crippen molar-refractivity contribution in [2.24, 2.45) is 5.92 Å². The standard InChI is InChI=1S/C23H26BrNO3S/c1-27-23(26)18-11-20-21(12-19(18)24)29-22(25-20)17-9-7-16(8-10-17)14-28-13-15-5-3-2-4-6-15/h2-6,11-12,16-17,23,26H,7-10,13-14H2,1H3/t16-,17-,23?. The predicted octanol–water partition coefficient (Wildman–Crippen LogP) is 6.19. The van der Waals surface area contributed by atoms with Crippen molar-refractivity contribution in [3.63, 3.8) is 0 Å². The molecule has 0 saturated heterocycles. The molecule has 1 fully saturated rings. The van der Waals surface area contributed by atoms with Crippen LogP contribution in [-0.2, 0) is 16.1 Å². The summed E-state index contributed by atoms with van der Waals surface area (Å²) in [5, 5.41) is 11.2. The van der Waals surface area contributed by atoms with E-state index in [4.69, 9.17) is 14.5 Å². The van der Waals surface area contributed by atoms with E-state index in [9.17, 15) is 5.11 Å². The highest BCUT2D eigenvalue weighted by molar-refractivity contribution is 9.10. The fraction of sp³-hybridized carbons (Fsp3) is 0.435. The van der Waals surface area contributed by atoms with E-state index in [1.807, 2.05) is 18.2 Å². The van der Waals surface area contributed by atoms with Gasteiger partial charge in [0.2, 0.25) is 0 Å². The van der Waals surface area contributed by atoms with Gasteiger partial charge in [-0.3, -0.25) is 0 Å². The Labute approximate surface area is 184 Å². The smallest absolute Gasteiger partial charge is 0.182 e. The molecule has 0 aliphatic heterocycles. The van der Waals surface area contributed by atoms with Crippen molar-refractivity contribution in [3.8, 4) is 0 Å². The van der Waals surface area contributed by atoms with Crippen LogP contribution in [0.25, 0.3) is 10.2 Å². The first-order chi connectivity index (χ1) is 14.1. The number of aromatic nitrogens is 1. The van der Waals surface area contributed by atoms with Gasteiger partial charge in [-0.1, -0.05) is 46.3 Å². The third-order valence-electron chi connectivity index (χ3n) is 5.67. The monoisotopic (exact) mass is 475 g/mol. The second-order valence-electron chi connectivity index (χ2n) is 7.70. The minimum absolute atomic E-state index is 0.521.